The van der Waals surface area contributed by atoms with E-state index < -0.39 is 0 Å². The Balaban J connectivity index is 1.63. The van der Waals surface area contributed by atoms with Crippen LogP contribution in [-0.2, 0) is 24.9 Å². The number of fused-ring (bicyclic) bond motifs is 1. The number of carbonyl (C=O) groups excluding carboxylic acids is 1. The highest BCUT2D eigenvalue weighted by Gasteiger charge is 2.11. The molecule has 1 aromatic heterocycles. The summed E-state index contributed by atoms with van der Waals surface area (Å²) in [4.78, 5) is 24.3. The van der Waals surface area contributed by atoms with E-state index in [4.69, 9.17) is 11.6 Å². The highest BCUT2D eigenvalue weighted by Crippen LogP contribution is 2.12. The summed E-state index contributed by atoms with van der Waals surface area (Å²) in [6, 6.07) is 14.9. The molecule has 0 saturated carbocycles. The van der Waals surface area contributed by atoms with Gasteiger partial charge >= 0.3 is 5.69 Å². The third-order valence-electron chi connectivity index (χ3n) is 4.02. The minimum Gasteiger partial charge on any atom is -0.352 e. The number of benzene rings is 2. The molecule has 3 rings (SSSR count). The summed E-state index contributed by atoms with van der Waals surface area (Å²) in [7, 11) is 1.74. The third kappa shape index (κ3) is 3.36. The molecule has 1 N–H and O–H groups in total. The molecule has 0 unspecified atom stereocenters. The van der Waals surface area contributed by atoms with E-state index in [1.54, 1.807) is 28.3 Å². The standard InChI is InChI=1S/C18H18ClN3O2/c1-21-15-4-2-3-5-16(15)22(18(21)24)11-10-17(23)20-12-13-6-8-14(19)9-7-13/h2-9H,10-12H2,1H3,(H,20,23). The molecule has 0 spiro atoms. The fraction of sp³-hybridized carbons (Fsp3) is 0.222. The lowest BCUT2D eigenvalue weighted by atomic mass is 10.2. The Morgan fingerprint density at radius 2 is 1.75 bits per heavy atom. The third-order valence-corrected chi connectivity index (χ3v) is 4.27. The molecule has 0 aliphatic carbocycles. The van der Waals surface area contributed by atoms with Gasteiger partial charge in [-0.15, -0.1) is 0 Å². The maximum Gasteiger partial charge on any atom is 0.328 e. The lowest BCUT2D eigenvalue weighted by molar-refractivity contribution is -0.121. The van der Waals surface area contributed by atoms with Gasteiger partial charge in [-0.05, 0) is 29.8 Å². The summed E-state index contributed by atoms with van der Waals surface area (Å²) in [6.45, 7) is 0.799. The van der Waals surface area contributed by atoms with E-state index in [0.717, 1.165) is 16.6 Å². The zero-order chi connectivity index (χ0) is 17.1. The molecule has 2 aromatic carbocycles. The number of halogens is 1. The van der Waals surface area contributed by atoms with E-state index in [2.05, 4.69) is 5.32 Å². The van der Waals surface area contributed by atoms with Gasteiger partial charge in [-0.1, -0.05) is 35.9 Å². The number of carbonyl (C=O) groups is 1. The van der Waals surface area contributed by atoms with Gasteiger partial charge in [0, 0.05) is 31.6 Å². The smallest absolute Gasteiger partial charge is 0.328 e. The van der Waals surface area contributed by atoms with Crippen LogP contribution in [-0.4, -0.2) is 15.0 Å². The summed E-state index contributed by atoms with van der Waals surface area (Å²) in [5.74, 6) is -0.0928. The number of nitrogens with zero attached hydrogens (tertiary/aromatic N) is 2. The largest absolute Gasteiger partial charge is 0.352 e. The summed E-state index contributed by atoms with van der Waals surface area (Å²) in [6.07, 6.45) is 0.251. The van der Waals surface area contributed by atoms with Gasteiger partial charge in [-0.2, -0.15) is 0 Å². The molecular formula is C18H18ClN3O2. The van der Waals surface area contributed by atoms with Crippen LogP contribution in [0, 0.1) is 0 Å². The fourth-order valence-electron chi connectivity index (χ4n) is 2.68. The first kappa shape index (κ1) is 16.3. The SMILES string of the molecule is Cn1c(=O)n(CCC(=O)NCc2ccc(Cl)cc2)c2ccccc21. The van der Waals surface area contributed by atoms with E-state index in [1.807, 2.05) is 36.4 Å². The second-order valence-electron chi connectivity index (χ2n) is 5.64. The molecule has 0 fully saturated rings. The van der Waals surface area contributed by atoms with Gasteiger partial charge in [-0.3, -0.25) is 13.9 Å². The van der Waals surface area contributed by atoms with E-state index >= 15 is 0 Å². The van der Waals surface area contributed by atoms with Crippen molar-refractivity contribution in [1.82, 2.24) is 14.5 Å². The van der Waals surface area contributed by atoms with Gasteiger partial charge < -0.3 is 5.32 Å². The quantitative estimate of drug-likeness (QED) is 0.774. The number of hydrogen-bond donors (Lipinski definition) is 1. The van der Waals surface area contributed by atoms with Crippen molar-refractivity contribution in [3.8, 4) is 0 Å². The van der Waals surface area contributed by atoms with Crippen molar-refractivity contribution in [2.45, 2.75) is 19.5 Å². The normalized spacial score (nSPS) is 10.9. The van der Waals surface area contributed by atoms with Crippen LogP contribution in [0.1, 0.15) is 12.0 Å². The van der Waals surface area contributed by atoms with Crippen molar-refractivity contribution in [1.29, 1.82) is 0 Å². The molecule has 124 valence electrons. The summed E-state index contributed by atoms with van der Waals surface area (Å²) < 4.78 is 3.23. The van der Waals surface area contributed by atoms with Crippen LogP contribution >= 0.6 is 11.6 Å². The molecule has 0 aliphatic heterocycles. The Bertz CT molecular complexity index is 926. The maximum absolute atomic E-state index is 12.3. The fourth-order valence-corrected chi connectivity index (χ4v) is 2.81. The predicted octanol–water partition coefficient (Wildman–Crippen LogP) is 2.70. The lowest BCUT2D eigenvalue weighted by Gasteiger charge is -2.06. The molecule has 0 radical (unpaired) electrons. The number of aromatic nitrogens is 2. The molecular weight excluding hydrogens is 326 g/mol. The Hall–Kier alpha value is -2.53. The van der Waals surface area contributed by atoms with E-state index in [-0.39, 0.29) is 18.0 Å². The van der Waals surface area contributed by atoms with E-state index in [9.17, 15) is 9.59 Å². The highest BCUT2D eigenvalue weighted by molar-refractivity contribution is 6.30. The Labute approximate surface area is 144 Å². The second kappa shape index (κ2) is 6.93. The van der Waals surface area contributed by atoms with Gasteiger partial charge in [0.2, 0.25) is 5.91 Å². The average Bonchev–Trinajstić information content (AvgIpc) is 2.84. The number of para-hydroxylation sites is 2. The molecule has 3 aromatic rings. The molecule has 24 heavy (non-hydrogen) atoms. The minimum absolute atomic E-state index is 0.0928. The Kier molecular flexibility index (Phi) is 4.71. The second-order valence-corrected chi connectivity index (χ2v) is 6.07. The maximum atomic E-state index is 12.3. The molecule has 0 saturated heterocycles. The van der Waals surface area contributed by atoms with Crippen molar-refractivity contribution in [2.75, 3.05) is 0 Å². The molecule has 0 aliphatic rings. The monoisotopic (exact) mass is 343 g/mol. The summed E-state index contributed by atoms with van der Waals surface area (Å²) >= 11 is 5.83. The van der Waals surface area contributed by atoms with Gasteiger partial charge in [0.1, 0.15) is 0 Å². The van der Waals surface area contributed by atoms with Crippen LogP contribution in [0.25, 0.3) is 11.0 Å². The molecule has 5 nitrogen and oxygen atoms in total. The van der Waals surface area contributed by atoms with Crippen molar-refractivity contribution in [2.24, 2.45) is 7.05 Å². The number of nitrogens with one attached hydrogen (secondary N) is 1. The zero-order valence-electron chi connectivity index (χ0n) is 13.3. The van der Waals surface area contributed by atoms with Crippen LogP contribution in [0.5, 0.6) is 0 Å². The van der Waals surface area contributed by atoms with Gasteiger partial charge in [-0.25, -0.2) is 4.79 Å². The molecule has 6 heteroatoms. The van der Waals surface area contributed by atoms with E-state index in [1.165, 1.54) is 0 Å². The minimum atomic E-state index is -0.110. The topological polar surface area (TPSA) is 56.0 Å². The van der Waals surface area contributed by atoms with Crippen molar-refractivity contribution >= 4 is 28.5 Å². The van der Waals surface area contributed by atoms with Gasteiger partial charge in [0.15, 0.2) is 0 Å². The van der Waals surface area contributed by atoms with Crippen LogP contribution in [0.3, 0.4) is 0 Å². The number of amides is 1. The van der Waals surface area contributed by atoms with Crippen molar-refractivity contribution in [3.63, 3.8) is 0 Å². The predicted molar refractivity (Wildman–Crippen MR) is 95.1 cm³/mol. The molecule has 1 amide bonds. The lowest BCUT2D eigenvalue weighted by Crippen LogP contribution is -2.27. The first-order valence-electron chi connectivity index (χ1n) is 7.71. The van der Waals surface area contributed by atoms with Gasteiger partial charge in [0.25, 0.3) is 0 Å². The van der Waals surface area contributed by atoms with Crippen LogP contribution in [0.15, 0.2) is 53.3 Å². The summed E-state index contributed by atoms with van der Waals surface area (Å²) in [5, 5.41) is 3.53. The van der Waals surface area contributed by atoms with Crippen molar-refractivity contribution < 1.29 is 4.79 Å². The van der Waals surface area contributed by atoms with Crippen LogP contribution < -0.4 is 11.0 Å². The number of hydrogen-bond acceptors (Lipinski definition) is 2. The zero-order valence-corrected chi connectivity index (χ0v) is 14.1. The first-order valence-corrected chi connectivity index (χ1v) is 8.09. The molecule has 0 bridgehead atoms. The van der Waals surface area contributed by atoms with E-state index in [0.29, 0.717) is 18.1 Å². The van der Waals surface area contributed by atoms with Crippen LogP contribution in [0.4, 0.5) is 0 Å². The molecule has 1 heterocycles. The summed E-state index contributed by atoms with van der Waals surface area (Å²) in [5.41, 5.74) is 2.58. The highest BCUT2D eigenvalue weighted by atomic mass is 35.5. The Morgan fingerprint density at radius 3 is 2.46 bits per heavy atom. The molecule has 0 atom stereocenters. The number of aryl methyl sites for hydroxylation is 2. The van der Waals surface area contributed by atoms with Crippen LogP contribution in [0.2, 0.25) is 5.02 Å². The number of rotatable bonds is 5. The Morgan fingerprint density at radius 1 is 1.08 bits per heavy atom. The number of imidazole rings is 1. The van der Waals surface area contributed by atoms with Gasteiger partial charge in [0.05, 0.1) is 11.0 Å². The van der Waals surface area contributed by atoms with Crippen molar-refractivity contribution in [3.05, 3.63) is 69.6 Å². The first-order chi connectivity index (χ1) is 11.6. The average molecular weight is 344 g/mol.